The van der Waals surface area contributed by atoms with Gasteiger partial charge in [0.15, 0.2) is 5.96 Å². The van der Waals surface area contributed by atoms with Crippen molar-refractivity contribution < 1.29 is 9.47 Å². The summed E-state index contributed by atoms with van der Waals surface area (Å²) in [5.41, 5.74) is 1.31. The monoisotopic (exact) mass is 386 g/mol. The van der Waals surface area contributed by atoms with Gasteiger partial charge in [0, 0.05) is 39.3 Å². The standard InChI is InChI=1S/C20H30N6O2/c1-4-28-17-7-5-16(6-8-17)20(9-11-27-12-10-20)14-23-19(21-2)22-13-18-24-15-25-26(18)3/h5-8,15H,4,9-14H2,1-3H3,(H2,21,22,23). The molecule has 3 rings (SSSR count). The Bertz CT molecular complexity index is 765. The van der Waals surface area contributed by atoms with Crippen LogP contribution in [-0.4, -0.2) is 54.1 Å². The largest absolute Gasteiger partial charge is 0.494 e. The minimum absolute atomic E-state index is 0.00535. The fourth-order valence-corrected chi connectivity index (χ4v) is 3.52. The van der Waals surface area contributed by atoms with E-state index in [0.29, 0.717) is 13.2 Å². The first-order valence-corrected chi connectivity index (χ1v) is 9.75. The van der Waals surface area contributed by atoms with Gasteiger partial charge in [0.2, 0.25) is 0 Å². The molecule has 28 heavy (non-hydrogen) atoms. The highest BCUT2D eigenvalue weighted by molar-refractivity contribution is 5.79. The lowest BCUT2D eigenvalue weighted by atomic mass is 9.74. The number of guanidine groups is 1. The Morgan fingerprint density at radius 3 is 2.61 bits per heavy atom. The summed E-state index contributed by atoms with van der Waals surface area (Å²) in [6.07, 6.45) is 3.48. The third-order valence-corrected chi connectivity index (χ3v) is 5.26. The molecular weight excluding hydrogens is 356 g/mol. The highest BCUT2D eigenvalue weighted by Crippen LogP contribution is 2.35. The minimum Gasteiger partial charge on any atom is -0.494 e. The maximum absolute atomic E-state index is 5.64. The Kier molecular flexibility index (Phi) is 6.86. The van der Waals surface area contributed by atoms with Crippen LogP contribution < -0.4 is 15.4 Å². The first-order valence-electron chi connectivity index (χ1n) is 9.75. The van der Waals surface area contributed by atoms with Crippen LogP contribution in [0.2, 0.25) is 0 Å². The molecule has 0 amide bonds. The number of nitrogens with one attached hydrogen (secondary N) is 2. The van der Waals surface area contributed by atoms with E-state index < -0.39 is 0 Å². The number of ether oxygens (including phenoxy) is 2. The molecule has 0 saturated carbocycles. The van der Waals surface area contributed by atoms with Crippen molar-refractivity contribution in [3.8, 4) is 5.75 Å². The van der Waals surface area contributed by atoms with Crippen molar-refractivity contribution in [2.75, 3.05) is 33.4 Å². The number of aliphatic imine (C=N–C) groups is 1. The van der Waals surface area contributed by atoms with E-state index in [4.69, 9.17) is 9.47 Å². The van der Waals surface area contributed by atoms with Crippen molar-refractivity contribution in [2.45, 2.75) is 31.7 Å². The van der Waals surface area contributed by atoms with Gasteiger partial charge in [-0.25, -0.2) is 4.98 Å². The van der Waals surface area contributed by atoms with Crippen LogP contribution in [0.3, 0.4) is 0 Å². The van der Waals surface area contributed by atoms with Crippen LogP contribution in [0, 0.1) is 0 Å². The van der Waals surface area contributed by atoms with E-state index >= 15 is 0 Å². The summed E-state index contributed by atoms with van der Waals surface area (Å²) in [6.45, 7) is 5.54. The van der Waals surface area contributed by atoms with Gasteiger partial charge in [0.05, 0.1) is 13.2 Å². The summed E-state index contributed by atoms with van der Waals surface area (Å²) >= 11 is 0. The number of hydrogen-bond acceptors (Lipinski definition) is 5. The molecule has 0 atom stereocenters. The van der Waals surface area contributed by atoms with Crippen LogP contribution in [0.5, 0.6) is 5.75 Å². The maximum Gasteiger partial charge on any atom is 0.191 e. The molecule has 8 heteroatoms. The molecule has 2 heterocycles. The van der Waals surface area contributed by atoms with E-state index in [-0.39, 0.29) is 5.41 Å². The number of benzene rings is 1. The third-order valence-electron chi connectivity index (χ3n) is 5.26. The maximum atomic E-state index is 5.64. The van der Waals surface area contributed by atoms with Gasteiger partial charge in [-0.15, -0.1) is 0 Å². The summed E-state index contributed by atoms with van der Waals surface area (Å²) in [5, 5.41) is 10.9. The summed E-state index contributed by atoms with van der Waals surface area (Å²) in [6, 6.07) is 8.45. The molecule has 1 aromatic heterocycles. The highest BCUT2D eigenvalue weighted by atomic mass is 16.5. The summed E-state index contributed by atoms with van der Waals surface area (Å²) in [5.74, 6) is 2.51. The Hall–Kier alpha value is -2.61. The topological polar surface area (TPSA) is 85.6 Å². The van der Waals surface area contributed by atoms with Gasteiger partial charge >= 0.3 is 0 Å². The van der Waals surface area contributed by atoms with E-state index in [1.165, 1.54) is 5.56 Å². The molecule has 152 valence electrons. The normalized spacial score (nSPS) is 16.6. The lowest BCUT2D eigenvalue weighted by Crippen LogP contribution is -2.48. The third kappa shape index (κ3) is 4.81. The van der Waals surface area contributed by atoms with E-state index in [1.54, 1.807) is 18.1 Å². The fourth-order valence-electron chi connectivity index (χ4n) is 3.52. The van der Waals surface area contributed by atoms with Crippen LogP contribution in [-0.2, 0) is 23.7 Å². The van der Waals surface area contributed by atoms with Gasteiger partial charge < -0.3 is 20.1 Å². The lowest BCUT2D eigenvalue weighted by Gasteiger charge is -2.38. The minimum atomic E-state index is 0.00535. The van der Waals surface area contributed by atoms with E-state index in [9.17, 15) is 0 Å². The summed E-state index contributed by atoms with van der Waals surface area (Å²) < 4.78 is 13.0. The number of rotatable bonds is 7. The SMILES string of the molecule is CCOc1ccc(C2(CNC(=NC)NCc3ncnn3C)CCOCC2)cc1. The van der Waals surface area contributed by atoms with E-state index in [1.807, 2.05) is 14.0 Å². The molecule has 1 aromatic carbocycles. The first-order chi connectivity index (χ1) is 13.7. The predicted molar refractivity (Wildman–Crippen MR) is 109 cm³/mol. The second-order valence-corrected chi connectivity index (χ2v) is 6.93. The van der Waals surface area contributed by atoms with Crippen LogP contribution in [0.15, 0.2) is 35.6 Å². The molecule has 2 aromatic rings. The van der Waals surface area contributed by atoms with Crippen molar-refractivity contribution in [2.24, 2.45) is 12.0 Å². The quantitative estimate of drug-likeness (QED) is 0.556. The zero-order chi connectivity index (χ0) is 19.8. The molecule has 0 aliphatic carbocycles. The predicted octanol–water partition coefficient (Wildman–Crippen LogP) is 1.63. The molecule has 8 nitrogen and oxygen atoms in total. The van der Waals surface area contributed by atoms with Crippen LogP contribution in [0.1, 0.15) is 31.2 Å². The molecule has 1 aliphatic heterocycles. The Morgan fingerprint density at radius 2 is 2.00 bits per heavy atom. The summed E-state index contributed by atoms with van der Waals surface area (Å²) in [7, 11) is 3.66. The molecule has 0 unspecified atom stereocenters. The first kappa shape index (κ1) is 20.1. The zero-order valence-electron chi connectivity index (χ0n) is 16.9. The molecule has 1 fully saturated rings. The van der Waals surface area contributed by atoms with Gasteiger partial charge in [-0.1, -0.05) is 12.1 Å². The van der Waals surface area contributed by atoms with Gasteiger partial charge in [0.25, 0.3) is 0 Å². The number of hydrogen-bond donors (Lipinski definition) is 2. The van der Waals surface area contributed by atoms with Crippen molar-refractivity contribution in [3.63, 3.8) is 0 Å². The van der Waals surface area contributed by atoms with Crippen LogP contribution in [0.4, 0.5) is 0 Å². The van der Waals surface area contributed by atoms with Crippen LogP contribution >= 0.6 is 0 Å². The van der Waals surface area contributed by atoms with Crippen LogP contribution in [0.25, 0.3) is 0 Å². The van der Waals surface area contributed by atoms with E-state index in [0.717, 1.165) is 50.1 Å². The Labute approximate surface area is 166 Å². The second kappa shape index (κ2) is 9.54. The summed E-state index contributed by atoms with van der Waals surface area (Å²) in [4.78, 5) is 8.59. The van der Waals surface area contributed by atoms with Gasteiger partial charge in [0.1, 0.15) is 17.9 Å². The molecule has 2 N–H and O–H groups in total. The second-order valence-electron chi connectivity index (χ2n) is 6.93. The van der Waals surface area contributed by atoms with Gasteiger partial charge in [-0.2, -0.15) is 5.10 Å². The van der Waals surface area contributed by atoms with Crippen molar-refractivity contribution in [1.82, 2.24) is 25.4 Å². The molecular formula is C20H30N6O2. The fraction of sp³-hybridized carbons (Fsp3) is 0.550. The number of aromatic nitrogens is 3. The Morgan fingerprint density at radius 1 is 1.25 bits per heavy atom. The van der Waals surface area contributed by atoms with Crippen molar-refractivity contribution >= 4 is 5.96 Å². The molecule has 0 spiro atoms. The van der Waals surface area contributed by atoms with Crippen molar-refractivity contribution in [3.05, 3.63) is 42.0 Å². The molecule has 1 saturated heterocycles. The molecule has 1 aliphatic rings. The molecule has 0 radical (unpaired) electrons. The molecule has 0 bridgehead atoms. The number of nitrogens with zero attached hydrogens (tertiary/aromatic N) is 4. The smallest absolute Gasteiger partial charge is 0.191 e. The van der Waals surface area contributed by atoms with E-state index in [2.05, 4.69) is 50.0 Å². The highest BCUT2D eigenvalue weighted by Gasteiger charge is 2.34. The number of aryl methyl sites for hydroxylation is 1. The lowest BCUT2D eigenvalue weighted by molar-refractivity contribution is 0.0513. The Balaban J connectivity index is 1.66. The zero-order valence-corrected chi connectivity index (χ0v) is 16.9. The average Bonchev–Trinajstić information content (AvgIpc) is 3.14. The average molecular weight is 387 g/mol. The van der Waals surface area contributed by atoms with Gasteiger partial charge in [-0.3, -0.25) is 9.67 Å². The van der Waals surface area contributed by atoms with Crippen molar-refractivity contribution in [1.29, 1.82) is 0 Å². The van der Waals surface area contributed by atoms with Gasteiger partial charge in [-0.05, 0) is 37.5 Å².